The highest BCUT2D eigenvalue weighted by Gasteiger charge is 2.13. The maximum Gasteiger partial charge on any atom is 0.339 e. The molecule has 2 aromatic heterocycles. The summed E-state index contributed by atoms with van der Waals surface area (Å²) in [5.74, 6) is -0.217. The van der Waals surface area contributed by atoms with Crippen LogP contribution in [0.15, 0.2) is 58.0 Å². The lowest BCUT2D eigenvalue weighted by molar-refractivity contribution is -0.116. The Balaban J connectivity index is 1.70. The summed E-state index contributed by atoms with van der Waals surface area (Å²) in [7, 11) is 0. The van der Waals surface area contributed by atoms with Gasteiger partial charge >= 0.3 is 5.63 Å². The molecule has 30 heavy (non-hydrogen) atoms. The number of nitrogens with one attached hydrogen (secondary N) is 1. The van der Waals surface area contributed by atoms with Crippen LogP contribution >= 0.6 is 0 Å². The zero-order valence-electron chi connectivity index (χ0n) is 17.6. The number of aromatic nitrogens is 1. The smallest absolute Gasteiger partial charge is 0.339 e. The molecule has 6 heteroatoms. The molecule has 0 spiro atoms. The van der Waals surface area contributed by atoms with Gasteiger partial charge in [-0.25, -0.2) is 4.79 Å². The molecule has 6 nitrogen and oxygen atoms in total. The Hall–Kier alpha value is -3.41. The molecule has 0 radical (unpaired) electrons. The van der Waals surface area contributed by atoms with Gasteiger partial charge < -0.3 is 14.6 Å². The van der Waals surface area contributed by atoms with Crippen molar-refractivity contribution in [2.75, 3.05) is 24.5 Å². The number of nitrogens with zero attached hydrogens (tertiary/aromatic N) is 2. The van der Waals surface area contributed by atoms with Crippen LogP contribution in [0.4, 0.5) is 5.69 Å². The van der Waals surface area contributed by atoms with E-state index in [-0.39, 0.29) is 11.5 Å². The topological polar surface area (TPSA) is 75.4 Å². The third kappa shape index (κ3) is 4.95. The fourth-order valence-electron chi connectivity index (χ4n) is 3.47. The predicted molar refractivity (Wildman–Crippen MR) is 121 cm³/mol. The fraction of sp³-hybridized carbons (Fsp3) is 0.292. The van der Waals surface area contributed by atoms with E-state index in [9.17, 15) is 9.59 Å². The normalized spacial score (nSPS) is 11.2. The third-order valence-corrected chi connectivity index (χ3v) is 5.19. The van der Waals surface area contributed by atoms with Crippen LogP contribution in [-0.4, -0.2) is 30.5 Å². The molecule has 2 heterocycles. The summed E-state index contributed by atoms with van der Waals surface area (Å²) in [5, 5.41) is 3.73. The van der Waals surface area contributed by atoms with E-state index in [1.54, 1.807) is 18.5 Å². The molecule has 0 saturated heterocycles. The number of rotatable bonds is 8. The summed E-state index contributed by atoms with van der Waals surface area (Å²) in [6, 6.07) is 9.65. The lowest BCUT2D eigenvalue weighted by atomic mass is 10.0. The number of fused-ring (bicyclic) bond motifs is 1. The van der Waals surface area contributed by atoms with E-state index in [2.05, 4.69) is 35.1 Å². The van der Waals surface area contributed by atoms with Crippen molar-refractivity contribution >= 4 is 28.6 Å². The number of anilines is 1. The van der Waals surface area contributed by atoms with E-state index in [0.29, 0.717) is 24.1 Å². The van der Waals surface area contributed by atoms with E-state index in [1.165, 1.54) is 6.08 Å². The molecule has 3 rings (SSSR count). The van der Waals surface area contributed by atoms with Crippen LogP contribution < -0.4 is 15.8 Å². The van der Waals surface area contributed by atoms with Gasteiger partial charge in [-0.2, -0.15) is 0 Å². The van der Waals surface area contributed by atoms with Gasteiger partial charge in [-0.15, -0.1) is 0 Å². The van der Waals surface area contributed by atoms with Gasteiger partial charge in [0.1, 0.15) is 5.58 Å². The maximum absolute atomic E-state index is 12.5. The number of pyridine rings is 1. The average Bonchev–Trinajstić information content (AvgIpc) is 2.76. The van der Waals surface area contributed by atoms with Crippen molar-refractivity contribution in [1.29, 1.82) is 0 Å². The predicted octanol–water partition coefficient (Wildman–Crippen LogP) is 3.71. The number of aryl methyl sites for hydroxylation is 1. The van der Waals surface area contributed by atoms with Crippen LogP contribution in [0.5, 0.6) is 0 Å². The van der Waals surface area contributed by atoms with Gasteiger partial charge in [-0.3, -0.25) is 9.78 Å². The van der Waals surface area contributed by atoms with Gasteiger partial charge in [0.25, 0.3) is 0 Å². The second kappa shape index (κ2) is 9.87. The molecular weight excluding hydrogens is 378 g/mol. The molecule has 3 aromatic rings. The highest BCUT2D eigenvalue weighted by atomic mass is 16.4. The molecule has 0 fully saturated rings. The van der Waals surface area contributed by atoms with Gasteiger partial charge in [-0.1, -0.05) is 6.07 Å². The molecule has 1 N–H and O–H groups in total. The van der Waals surface area contributed by atoms with Crippen molar-refractivity contribution < 1.29 is 9.21 Å². The average molecular weight is 405 g/mol. The van der Waals surface area contributed by atoms with Gasteiger partial charge in [-0.05, 0) is 62.6 Å². The summed E-state index contributed by atoms with van der Waals surface area (Å²) < 4.78 is 5.60. The molecule has 0 aliphatic carbocycles. The van der Waals surface area contributed by atoms with E-state index in [1.807, 2.05) is 31.2 Å². The van der Waals surface area contributed by atoms with E-state index in [4.69, 9.17) is 4.42 Å². The zero-order chi connectivity index (χ0) is 21.5. The molecule has 0 unspecified atom stereocenters. The number of benzene rings is 1. The lowest BCUT2D eigenvalue weighted by Gasteiger charge is -2.21. The number of hydrogen-bond donors (Lipinski definition) is 1. The van der Waals surface area contributed by atoms with Crippen molar-refractivity contribution in [3.05, 3.63) is 75.9 Å². The summed E-state index contributed by atoms with van der Waals surface area (Å²) in [6.07, 6.45) is 6.93. The fourth-order valence-corrected chi connectivity index (χ4v) is 3.47. The van der Waals surface area contributed by atoms with Crippen LogP contribution in [0.25, 0.3) is 17.0 Å². The molecule has 0 aliphatic rings. The Labute approximate surface area is 176 Å². The zero-order valence-corrected chi connectivity index (χ0v) is 17.6. The first-order valence-corrected chi connectivity index (χ1v) is 10.2. The first-order chi connectivity index (χ1) is 14.5. The Morgan fingerprint density at radius 1 is 1.23 bits per heavy atom. The van der Waals surface area contributed by atoms with Crippen molar-refractivity contribution in [2.24, 2.45) is 0 Å². The summed E-state index contributed by atoms with van der Waals surface area (Å²) >= 11 is 0. The minimum Gasteiger partial charge on any atom is -0.422 e. The van der Waals surface area contributed by atoms with Crippen LogP contribution in [0.2, 0.25) is 0 Å². The minimum absolute atomic E-state index is 0.217. The molecule has 156 valence electrons. The van der Waals surface area contributed by atoms with E-state index < -0.39 is 0 Å². The van der Waals surface area contributed by atoms with Crippen molar-refractivity contribution in [2.45, 2.75) is 27.2 Å². The molecule has 0 bridgehead atoms. The Kier molecular flexibility index (Phi) is 7.01. The van der Waals surface area contributed by atoms with Crippen LogP contribution in [0.1, 0.15) is 30.5 Å². The Morgan fingerprint density at radius 3 is 2.73 bits per heavy atom. The van der Waals surface area contributed by atoms with Crippen molar-refractivity contribution in [3.8, 4) is 0 Å². The Morgan fingerprint density at radius 2 is 2.03 bits per heavy atom. The Bertz CT molecular complexity index is 1100. The second-order valence-corrected chi connectivity index (χ2v) is 7.01. The molecule has 0 aliphatic heterocycles. The summed E-state index contributed by atoms with van der Waals surface area (Å²) in [5.41, 5.74) is 3.62. The quantitative estimate of drug-likeness (QED) is 0.457. The first kappa shape index (κ1) is 21.3. The van der Waals surface area contributed by atoms with Crippen molar-refractivity contribution in [1.82, 2.24) is 10.3 Å². The molecule has 0 atom stereocenters. The van der Waals surface area contributed by atoms with E-state index in [0.717, 1.165) is 35.3 Å². The monoisotopic (exact) mass is 405 g/mol. The van der Waals surface area contributed by atoms with Gasteiger partial charge in [0, 0.05) is 60.8 Å². The van der Waals surface area contributed by atoms with Gasteiger partial charge in [0.15, 0.2) is 0 Å². The lowest BCUT2D eigenvalue weighted by Crippen LogP contribution is -2.25. The van der Waals surface area contributed by atoms with Crippen LogP contribution in [-0.2, 0) is 11.2 Å². The summed E-state index contributed by atoms with van der Waals surface area (Å²) in [6.45, 7) is 8.24. The highest BCUT2D eigenvalue weighted by molar-refractivity contribution is 5.91. The molecule has 0 saturated carbocycles. The van der Waals surface area contributed by atoms with Gasteiger partial charge in [0.2, 0.25) is 5.91 Å². The second-order valence-electron chi connectivity index (χ2n) is 7.01. The number of hydrogen-bond acceptors (Lipinski definition) is 5. The largest absolute Gasteiger partial charge is 0.422 e. The highest BCUT2D eigenvalue weighted by Crippen LogP contribution is 2.25. The SMILES string of the molecule is CCN(CC)c1ccc2c(C)c(CCNC(=O)C=Cc3cccnc3)c(=O)oc2c1. The van der Waals surface area contributed by atoms with Crippen LogP contribution in [0, 0.1) is 6.92 Å². The van der Waals surface area contributed by atoms with Gasteiger partial charge in [0.05, 0.1) is 0 Å². The molecular formula is C24H27N3O3. The number of carbonyl (C=O) groups excluding carboxylic acids is 1. The minimum atomic E-state index is -0.350. The number of amides is 1. The third-order valence-electron chi connectivity index (χ3n) is 5.19. The van der Waals surface area contributed by atoms with E-state index >= 15 is 0 Å². The van der Waals surface area contributed by atoms with Crippen LogP contribution in [0.3, 0.4) is 0 Å². The summed E-state index contributed by atoms with van der Waals surface area (Å²) in [4.78, 5) is 30.8. The van der Waals surface area contributed by atoms with Crippen molar-refractivity contribution in [3.63, 3.8) is 0 Å². The number of carbonyl (C=O) groups is 1. The molecule has 1 amide bonds. The standard InChI is InChI=1S/C24H27N3O3/c1-4-27(5-2)19-9-10-20-17(3)21(24(29)30-22(20)15-19)12-14-26-23(28)11-8-18-7-6-13-25-16-18/h6-11,13,15-16H,4-5,12,14H2,1-3H3,(H,26,28). The maximum atomic E-state index is 12.5. The first-order valence-electron chi connectivity index (χ1n) is 10.2. The molecule has 1 aromatic carbocycles.